The second-order valence-corrected chi connectivity index (χ2v) is 27.4. The number of nitro groups is 1. The summed E-state index contributed by atoms with van der Waals surface area (Å²) in [6.07, 6.45) is 10.8. The third-order valence-corrected chi connectivity index (χ3v) is 21.7. The third-order valence-electron chi connectivity index (χ3n) is 20.3. The maximum atomic E-state index is 15.0. The van der Waals surface area contributed by atoms with Gasteiger partial charge in [-0.1, -0.05) is 38.1 Å². The van der Waals surface area contributed by atoms with Crippen LogP contribution in [0.15, 0.2) is 84.0 Å². The number of piperazine rings is 1. The smallest absolute Gasteiger partial charge is 0.297 e. The van der Waals surface area contributed by atoms with E-state index < -0.39 is 37.5 Å². The Morgan fingerprint density at radius 1 is 0.894 bits per heavy atom. The van der Waals surface area contributed by atoms with Gasteiger partial charge in [0, 0.05) is 112 Å². The Balaban J connectivity index is 0.730. The van der Waals surface area contributed by atoms with Gasteiger partial charge < -0.3 is 43.8 Å². The van der Waals surface area contributed by atoms with E-state index in [0.717, 1.165) is 106 Å². The van der Waals surface area contributed by atoms with Crippen molar-refractivity contribution >= 4 is 55.4 Å². The normalized spacial score (nSPS) is 24.5. The van der Waals surface area contributed by atoms with Crippen LogP contribution in [0.25, 0.3) is 11.0 Å². The van der Waals surface area contributed by atoms with E-state index >= 15 is 0 Å². The minimum absolute atomic E-state index is 0.00678. The van der Waals surface area contributed by atoms with Crippen molar-refractivity contribution in [3.05, 3.63) is 123 Å². The molecule has 21 heteroatoms. The molecule has 1 saturated carbocycles. The van der Waals surface area contributed by atoms with Crippen molar-refractivity contribution in [1.82, 2.24) is 29.5 Å². The Labute approximate surface area is 496 Å². The second-order valence-electron chi connectivity index (χ2n) is 25.7. The van der Waals surface area contributed by atoms with E-state index in [1.54, 1.807) is 6.07 Å². The first kappa shape index (κ1) is 55.8. The van der Waals surface area contributed by atoms with Gasteiger partial charge in [0.05, 0.1) is 52.1 Å². The molecule has 5 atom stereocenters. The van der Waals surface area contributed by atoms with Gasteiger partial charge in [0.25, 0.3) is 21.6 Å². The van der Waals surface area contributed by atoms with E-state index in [4.69, 9.17) is 33.7 Å². The van der Waals surface area contributed by atoms with Crippen molar-refractivity contribution in [2.45, 2.75) is 133 Å². The van der Waals surface area contributed by atoms with Crippen LogP contribution < -0.4 is 34.0 Å². The number of aryl methyl sites for hydroxylation is 2. The van der Waals surface area contributed by atoms with Crippen LogP contribution in [0.5, 0.6) is 17.4 Å². The van der Waals surface area contributed by atoms with Gasteiger partial charge in [-0.3, -0.25) is 29.7 Å². The maximum Gasteiger partial charge on any atom is 0.297 e. The Hall–Kier alpha value is -7.04. The van der Waals surface area contributed by atoms with Crippen LogP contribution in [-0.4, -0.2) is 141 Å². The highest BCUT2D eigenvalue weighted by molar-refractivity contribution is 7.90. The van der Waals surface area contributed by atoms with Crippen LogP contribution in [0.3, 0.4) is 0 Å². The maximum absolute atomic E-state index is 15.0. The number of hydrogen-bond donors (Lipinski definition) is 3. The van der Waals surface area contributed by atoms with Crippen LogP contribution in [0.4, 0.5) is 28.4 Å². The van der Waals surface area contributed by atoms with Gasteiger partial charge in [0.1, 0.15) is 29.8 Å². The summed E-state index contributed by atoms with van der Waals surface area (Å²) < 4.78 is 61.8. The topological polar surface area (TPSA) is 219 Å². The summed E-state index contributed by atoms with van der Waals surface area (Å²) in [5.74, 6) is 0.627. The number of anilines is 4. The number of fused-ring (bicyclic) bond motifs is 5. The third kappa shape index (κ3) is 10.1. The number of ether oxygens (including phenoxy) is 5. The van der Waals surface area contributed by atoms with Gasteiger partial charge >= 0.3 is 0 Å². The zero-order valence-electron chi connectivity index (χ0n) is 49.1. The zero-order valence-corrected chi connectivity index (χ0v) is 49.9. The number of aromatic nitrogens is 3. The number of nitrogens with zero attached hydrogens (tertiary/aromatic N) is 7. The van der Waals surface area contributed by atoms with E-state index in [-0.39, 0.29) is 64.5 Å². The number of aromatic amines is 1. The molecule has 3 aromatic heterocycles. The highest BCUT2D eigenvalue weighted by Gasteiger charge is 2.51. The Morgan fingerprint density at radius 3 is 2.49 bits per heavy atom. The fourth-order valence-electron chi connectivity index (χ4n) is 15.4. The number of nitro benzene ring substituents is 1. The van der Waals surface area contributed by atoms with Gasteiger partial charge in [-0.25, -0.2) is 13.1 Å². The van der Waals surface area contributed by atoms with Gasteiger partial charge in [-0.2, -0.15) is 4.98 Å². The minimum Gasteiger partial charge on any atom is -0.491 e. The summed E-state index contributed by atoms with van der Waals surface area (Å²) in [6.45, 7) is 18.6. The molecule has 5 fully saturated rings. The lowest BCUT2D eigenvalue weighted by Gasteiger charge is -2.58. The molecule has 0 unspecified atom stereocenters. The van der Waals surface area contributed by atoms with Crippen molar-refractivity contribution in [2.75, 3.05) is 87.5 Å². The highest BCUT2D eigenvalue weighted by Crippen LogP contribution is 2.55. The molecule has 0 bridgehead atoms. The first-order valence-electron chi connectivity index (χ1n) is 30.5. The van der Waals surface area contributed by atoms with E-state index in [2.05, 4.69) is 99.7 Å². The number of hydrogen-bond acceptors (Lipinski definition) is 17. The lowest BCUT2D eigenvalue weighted by Crippen LogP contribution is -2.60. The monoisotopic (exact) mass is 1180 g/mol. The lowest BCUT2D eigenvalue weighted by molar-refractivity contribution is -0.384. The molecule has 4 saturated heterocycles. The number of carbonyl (C=O) groups is 1. The van der Waals surface area contributed by atoms with Crippen molar-refractivity contribution in [2.24, 2.45) is 11.3 Å². The van der Waals surface area contributed by atoms with Crippen LogP contribution in [0, 0.1) is 35.3 Å². The van der Waals surface area contributed by atoms with E-state index in [1.165, 1.54) is 28.3 Å². The molecule has 3 aromatic carbocycles. The minimum atomic E-state index is -4.72. The predicted octanol–water partition coefficient (Wildman–Crippen LogP) is 9.82. The van der Waals surface area contributed by atoms with Crippen LogP contribution >= 0.6 is 0 Å². The number of rotatable bonds is 11. The molecule has 10 heterocycles. The van der Waals surface area contributed by atoms with Crippen LogP contribution in [0.1, 0.15) is 123 Å². The molecule has 8 aliphatic rings. The average molecular weight is 1180 g/mol. The van der Waals surface area contributed by atoms with Crippen molar-refractivity contribution in [3.63, 3.8) is 0 Å². The zero-order chi connectivity index (χ0) is 58.5. The molecule has 14 rings (SSSR count). The Kier molecular flexibility index (Phi) is 14.3. The number of benzene rings is 3. The number of nitrogens with one attached hydrogen (secondary N) is 3. The quantitative estimate of drug-likeness (QED) is 0.0812. The second kappa shape index (κ2) is 21.7. The van der Waals surface area contributed by atoms with E-state index in [0.29, 0.717) is 68.4 Å². The molecule has 7 aliphatic heterocycles. The molecule has 1 amide bonds. The average Bonchev–Trinajstić information content (AvgIpc) is 2.34. The first-order valence-corrected chi connectivity index (χ1v) is 32.0. The number of piperidine rings is 1. The molecule has 85 heavy (non-hydrogen) atoms. The van der Waals surface area contributed by atoms with Crippen LogP contribution in [0.2, 0.25) is 0 Å². The molecule has 1 aliphatic carbocycles. The van der Waals surface area contributed by atoms with E-state index in [1.807, 2.05) is 30.5 Å². The lowest BCUT2D eigenvalue weighted by atomic mass is 9.59. The SMILES string of the molecule is Cc1ccccc1[C@@H]1CN([C@@H](C)c2cnc(C)c3c2C(C)(C)CCO3)CCN1C1CC2(CCN(c3ccc(C(=O)NS(=O)(=O)c4cc5c(c([N+](=O)[O-])c4)N[C@H](C4CCOCC4)CO5)c(N4c5cc6cc[nH]c6nc5O[C@H]5COCC[C@@H]54)c3)CC2)C1. The molecule has 448 valence electrons. The Morgan fingerprint density at radius 2 is 1.69 bits per heavy atom. The number of amides is 1. The van der Waals surface area contributed by atoms with Gasteiger partial charge in [-0.05, 0) is 136 Å². The molecule has 20 nitrogen and oxygen atoms in total. The first-order chi connectivity index (χ1) is 41.0. The van der Waals surface area contributed by atoms with E-state index in [9.17, 15) is 23.3 Å². The summed E-state index contributed by atoms with van der Waals surface area (Å²) in [6, 6.07) is 21.0. The molecular formula is C64H76N10O10S. The molecule has 0 radical (unpaired) electrons. The van der Waals surface area contributed by atoms with Crippen molar-refractivity contribution < 1.29 is 41.8 Å². The van der Waals surface area contributed by atoms with Gasteiger partial charge in [0.15, 0.2) is 11.4 Å². The number of carbonyl (C=O) groups excluding carboxylic acids is 1. The summed E-state index contributed by atoms with van der Waals surface area (Å²) in [5, 5.41) is 16.8. The summed E-state index contributed by atoms with van der Waals surface area (Å²) in [5.41, 5.74) is 8.88. The van der Waals surface area contributed by atoms with Crippen molar-refractivity contribution in [1.29, 1.82) is 0 Å². The number of H-pyrrole nitrogens is 1. The molecular weight excluding hydrogens is 1100 g/mol. The summed E-state index contributed by atoms with van der Waals surface area (Å²) >= 11 is 0. The predicted molar refractivity (Wildman–Crippen MR) is 322 cm³/mol. The Bertz CT molecular complexity index is 3700. The molecule has 6 aromatic rings. The summed E-state index contributed by atoms with van der Waals surface area (Å²) in [4.78, 5) is 49.4. The van der Waals surface area contributed by atoms with Crippen molar-refractivity contribution in [3.8, 4) is 17.4 Å². The van der Waals surface area contributed by atoms with Crippen LogP contribution in [-0.2, 0) is 24.9 Å². The highest BCUT2D eigenvalue weighted by atomic mass is 32.2. The number of pyridine rings is 2. The molecule has 3 N–H and O–H groups in total. The molecule has 1 spiro atoms. The standard InChI is InChI=1S/C64H76N10O10S/c1-38-8-6-7-9-46(38)54-35-71(40(3)48-34-66-39(2)59-57(48)63(4,5)18-27-82-59)22-23-72(54)44-32-64(33-44)16-20-70(21-17-64)43-10-11-47(51(29-43)73-50-15-26-81-37-56(50)84-62-53(73)28-42-12-19-65-60(42)68-62)61(75)69-85(78,79)45-30-52(74(76)77)58-55(31-45)83-36-49(67-58)41-13-24-80-25-14-41/h6-12,19,28-31,34,40-41,44,49-50,54,56,67H,13-18,20-27,32-33,35-37H2,1-5H3,(H,65,68)(H,69,75)/t40-,49-,50-,54-,56-/m0/s1. The van der Waals surface area contributed by atoms with Gasteiger partial charge in [-0.15, -0.1) is 0 Å². The summed E-state index contributed by atoms with van der Waals surface area (Å²) in [7, 11) is -4.72. The largest absolute Gasteiger partial charge is 0.491 e. The fourth-order valence-corrected chi connectivity index (χ4v) is 16.4. The van der Waals surface area contributed by atoms with Gasteiger partial charge in [0.2, 0.25) is 5.88 Å². The number of sulfonamides is 1. The fraction of sp³-hybridized carbons (Fsp3) is 0.516.